The summed E-state index contributed by atoms with van der Waals surface area (Å²) in [5.41, 5.74) is 4.69. The Hall–Kier alpha value is -4.31. The van der Waals surface area contributed by atoms with Crippen LogP contribution < -0.4 is 4.90 Å². The third-order valence-electron chi connectivity index (χ3n) is 7.74. The lowest BCUT2D eigenvalue weighted by Gasteiger charge is -2.25. The van der Waals surface area contributed by atoms with Crippen LogP contribution in [0.2, 0.25) is 0 Å². The zero-order chi connectivity index (χ0) is 32.5. The van der Waals surface area contributed by atoms with Gasteiger partial charge in [-0.25, -0.2) is 4.39 Å². The van der Waals surface area contributed by atoms with E-state index in [2.05, 4.69) is 0 Å². The fourth-order valence-corrected chi connectivity index (χ4v) is 5.79. The molecule has 0 bridgehead atoms. The number of aliphatic hydroxyl groups excluding tert-OH is 3. The van der Waals surface area contributed by atoms with E-state index in [1.165, 1.54) is 12.1 Å². The maximum absolute atomic E-state index is 14.8. The highest BCUT2D eigenvalue weighted by atomic mass is 19.1. The average molecular weight is 617 g/mol. The van der Waals surface area contributed by atoms with E-state index < -0.39 is 30.4 Å². The minimum atomic E-state index is -1.20. The highest BCUT2D eigenvalue weighted by Crippen LogP contribution is 2.43. The summed E-state index contributed by atoms with van der Waals surface area (Å²) in [4.78, 5) is 27.6. The Morgan fingerprint density at radius 1 is 0.867 bits per heavy atom. The lowest BCUT2D eigenvalue weighted by Crippen LogP contribution is -2.33. The molecule has 0 aliphatic carbocycles. The van der Waals surface area contributed by atoms with Crippen molar-refractivity contribution in [3.63, 3.8) is 0 Å². The van der Waals surface area contributed by atoms with Gasteiger partial charge in [-0.1, -0.05) is 62.4 Å². The first-order valence-electron chi connectivity index (χ1n) is 15.3. The van der Waals surface area contributed by atoms with Crippen molar-refractivity contribution in [2.75, 3.05) is 18.1 Å². The van der Waals surface area contributed by atoms with Gasteiger partial charge in [0.2, 0.25) is 0 Å². The molecule has 45 heavy (non-hydrogen) atoms. The summed E-state index contributed by atoms with van der Waals surface area (Å²) in [5.74, 6) is -1.97. The van der Waals surface area contributed by atoms with E-state index in [4.69, 9.17) is 5.11 Å². The quantitative estimate of drug-likeness (QED) is 0.128. The topological polar surface area (TPSA) is 123 Å². The molecule has 4 aromatic rings. The number of anilines is 1. The van der Waals surface area contributed by atoms with Gasteiger partial charge in [-0.15, -0.1) is 0 Å². The summed E-state index contributed by atoms with van der Waals surface area (Å²) in [6.45, 7) is 4.41. The summed E-state index contributed by atoms with van der Waals surface area (Å²) in [6, 6.07) is 24.9. The maximum Gasteiger partial charge on any atom is 0.305 e. The number of hydrogen-bond donors (Lipinski definition) is 4. The van der Waals surface area contributed by atoms with Crippen LogP contribution in [0.15, 0.2) is 84.9 Å². The average Bonchev–Trinajstić information content (AvgIpc) is 3.36. The second kappa shape index (κ2) is 15.6. The number of carbonyl (C=O) groups is 2. The van der Waals surface area contributed by atoms with Crippen LogP contribution in [-0.2, 0) is 11.3 Å². The van der Waals surface area contributed by atoms with Crippen molar-refractivity contribution in [1.29, 1.82) is 0 Å². The molecule has 0 fully saturated rings. The predicted molar refractivity (Wildman–Crippen MR) is 173 cm³/mol. The molecule has 2 atom stereocenters. The largest absolute Gasteiger partial charge is 0.481 e. The number of halogens is 1. The van der Waals surface area contributed by atoms with Crippen molar-refractivity contribution in [1.82, 2.24) is 4.57 Å². The molecule has 0 aliphatic heterocycles. The van der Waals surface area contributed by atoms with Crippen LogP contribution in [-0.4, -0.2) is 62.2 Å². The zero-order valence-corrected chi connectivity index (χ0v) is 25.6. The zero-order valence-electron chi connectivity index (χ0n) is 25.6. The summed E-state index contributed by atoms with van der Waals surface area (Å²) >= 11 is 0. The molecule has 1 aromatic heterocycles. The molecular weight excluding hydrogens is 575 g/mol. The molecule has 3 aromatic carbocycles. The first-order valence-corrected chi connectivity index (χ1v) is 15.3. The van der Waals surface area contributed by atoms with Crippen molar-refractivity contribution in [2.24, 2.45) is 0 Å². The maximum atomic E-state index is 14.8. The van der Waals surface area contributed by atoms with E-state index in [0.29, 0.717) is 34.5 Å². The van der Waals surface area contributed by atoms with Gasteiger partial charge in [-0.05, 0) is 72.7 Å². The molecule has 0 radical (unpaired) electrons. The molecule has 0 aliphatic rings. The lowest BCUT2D eigenvalue weighted by atomic mass is 9.94. The van der Waals surface area contributed by atoms with Gasteiger partial charge in [0.05, 0.1) is 29.9 Å². The fraction of sp³-hybridized carbons (Fsp3) is 0.333. The molecule has 238 valence electrons. The number of aliphatic carboxylic acids is 1. The van der Waals surface area contributed by atoms with Gasteiger partial charge in [-0.2, -0.15) is 0 Å². The summed E-state index contributed by atoms with van der Waals surface area (Å²) < 4.78 is 16.2. The van der Waals surface area contributed by atoms with Crippen LogP contribution in [0.4, 0.5) is 10.1 Å². The number of carboxylic acids is 1. The Balaban J connectivity index is 1.96. The monoisotopic (exact) mass is 616 g/mol. The predicted octanol–water partition coefficient (Wildman–Crippen LogP) is 6.09. The molecule has 0 spiro atoms. The summed E-state index contributed by atoms with van der Waals surface area (Å²) in [7, 11) is 0. The number of carboxylic acid groups (broad SMARTS) is 1. The van der Waals surface area contributed by atoms with Gasteiger partial charge in [0.25, 0.3) is 5.91 Å². The van der Waals surface area contributed by atoms with Crippen LogP contribution in [0, 0.1) is 5.82 Å². The third-order valence-corrected chi connectivity index (χ3v) is 7.74. The molecule has 9 heteroatoms. The van der Waals surface area contributed by atoms with Gasteiger partial charge >= 0.3 is 5.97 Å². The van der Waals surface area contributed by atoms with E-state index in [0.717, 1.165) is 11.3 Å². The number of rotatable bonds is 15. The number of amides is 1. The Bertz CT molecular complexity index is 1550. The molecule has 4 N–H and O–H groups in total. The van der Waals surface area contributed by atoms with E-state index in [1.54, 1.807) is 17.0 Å². The van der Waals surface area contributed by atoms with Gasteiger partial charge in [0.15, 0.2) is 0 Å². The van der Waals surface area contributed by atoms with E-state index >= 15 is 0 Å². The highest BCUT2D eigenvalue weighted by molar-refractivity contribution is 6.13. The Morgan fingerprint density at radius 3 is 2.07 bits per heavy atom. The standard InChI is InChI=1S/C36H41FN2O6/c1-24(2)34-33(36(45)38(19-9-21-40)28-12-7-4-8-13-28)32(25-10-5-3-6-11-25)35(26-14-16-27(37)17-15-26)39(34)20-18-29(41)22-30(42)23-31(43)44/h3-8,10-17,24,29-30,40-42H,9,18-23H2,1-2H3,(H,43,44)/t29-,30-/m1/s1. The van der Waals surface area contributed by atoms with Gasteiger partial charge in [-0.3, -0.25) is 9.59 Å². The van der Waals surface area contributed by atoms with Crippen molar-refractivity contribution >= 4 is 17.6 Å². The van der Waals surface area contributed by atoms with Gasteiger partial charge in [0.1, 0.15) is 5.82 Å². The first kappa shape index (κ1) is 33.6. The molecular formula is C36H41FN2O6. The minimum Gasteiger partial charge on any atom is -0.481 e. The van der Waals surface area contributed by atoms with E-state index in [1.807, 2.05) is 79.1 Å². The molecule has 1 heterocycles. The minimum absolute atomic E-state index is 0.0906. The molecule has 0 saturated carbocycles. The second-order valence-corrected chi connectivity index (χ2v) is 11.5. The Morgan fingerprint density at radius 2 is 1.49 bits per heavy atom. The van der Waals surface area contributed by atoms with Crippen LogP contribution >= 0.6 is 0 Å². The lowest BCUT2D eigenvalue weighted by molar-refractivity contribution is -0.139. The normalized spacial score (nSPS) is 12.7. The molecule has 4 rings (SSSR count). The summed E-state index contributed by atoms with van der Waals surface area (Å²) in [5, 5.41) is 39.7. The third kappa shape index (κ3) is 8.25. The van der Waals surface area contributed by atoms with Crippen LogP contribution in [0.25, 0.3) is 22.4 Å². The SMILES string of the molecule is CC(C)c1c(C(=O)N(CCCO)c2ccccc2)c(-c2ccccc2)c(-c2ccc(F)cc2)n1CC[C@@H](O)C[C@@H](O)CC(=O)O. The van der Waals surface area contributed by atoms with Crippen molar-refractivity contribution < 1.29 is 34.4 Å². The summed E-state index contributed by atoms with van der Waals surface area (Å²) in [6.07, 6.45) is -2.25. The molecule has 1 amide bonds. The van der Waals surface area contributed by atoms with Crippen LogP contribution in [0.5, 0.6) is 0 Å². The number of carbonyl (C=O) groups excluding carboxylic acids is 1. The molecule has 0 saturated heterocycles. The highest BCUT2D eigenvalue weighted by Gasteiger charge is 2.33. The fourth-order valence-electron chi connectivity index (χ4n) is 5.79. The number of para-hydroxylation sites is 1. The van der Waals surface area contributed by atoms with E-state index in [-0.39, 0.29) is 44.4 Å². The Labute approximate surface area is 263 Å². The number of aliphatic hydroxyl groups is 3. The first-order chi connectivity index (χ1) is 21.6. The number of benzene rings is 3. The second-order valence-electron chi connectivity index (χ2n) is 11.5. The molecule has 8 nitrogen and oxygen atoms in total. The Kier molecular flexibility index (Phi) is 11.6. The number of hydrogen-bond acceptors (Lipinski definition) is 5. The van der Waals surface area contributed by atoms with E-state index in [9.17, 15) is 29.3 Å². The number of aromatic nitrogens is 1. The van der Waals surface area contributed by atoms with Gasteiger partial charge < -0.3 is 29.9 Å². The van der Waals surface area contributed by atoms with Crippen molar-refractivity contribution in [3.05, 3.63) is 102 Å². The van der Waals surface area contributed by atoms with Crippen molar-refractivity contribution in [2.45, 2.75) is 64.2 Å². The van der Waals surface area contributed by atoms with Gasteiger partial charge in [0, 0.05) is 36.6 Å². The van der Waals surface area contributed by atoms with Crippen molar-refractivity contribution in [3.8, 4) is 22.4 Å². The molecule has 0 unspecified atom stereocenters. The smallest absolute Gasteiger partial charge is 0.305 e. The number of nitrogens with zero attached hydrogens (tertiary/aromatic N) is 2. The van der Waals surface area contributed by atoms with Crippen LogP contribution in [0.1, 0.15) is 61.5 Å². The van der Waals surface area contributed by atoms with Crippen LogP contribution in [0.3, 0.4) is 0 Å².